The smallest absolute Gasteiger partial charge is 0.202 e. The van der Waals surface area contributed by atoms with E-state index in [9.17, 15) is 5.11 Å². The minimum absolute atomic E-state index is 0.258. The zero-order valence-electron chi connectivity index (χ0n) is 14.2. The monoisotopic (exact) mass is 295 g/mol. The normalized spacial score (nSPS) is 22.1. The second-order valence-electron chi connectivity index (χ2n) is 6.16. The largest absolute Gasteiger partial charge is 0.390 e. The molecule has 0 bridgehead atoms. The molecule has 3 nitrogen and oxygen atoms in total. The zero-order chi connectivity index (χ0) is 15.4. The van der Waals surface area contributed by atoms with Gasteiger partial charge < -0.3 is 5.11 Å². The molecule has 3 heteroatoms. The molecule has 1 atom stereocenters. The maximum Gasteiger partial charge on any atom is 0.202 e. The van der Waals surface area contributed by atoms with Crippen LogP contribution in [0.1, 0.15) is 65.2 Å². The highest BCUT2D eigenvalue weighted by Crippen LogP contribution is 2.17. The van der Waals surface area contributed by atoms with Crippen molar-refractivity contribution in [2.75, 3.05) is 32.8 Å². The summed E-state index contributed by atoms with van der Waals surface area (Å²) in [5.74, 6) is 1.27. The van der Waals surface area contributed by atoms with Crippen LogP contribution in [-0.2, 0) is 0 Å². The van der Waals surface area contributed by atoms with Crippen LogP contribution >= 0.6 is 0 Å². The fraction of sp³-hybridized carbons (Fsp3) is 0.833. The maximum absolute atomic E-state index is 9.28. The van der Waals surface area contributed by atoms with Gasteiger partial charge in [-0.05, 0) is 19.8 Å². The fourth-order valence-corrected chi connectivity index (χ4v) is 3.19. The molecule has 1 rings (SSSR count). The van der Waals surface area contributed by atoms with E-state index in [1.54, 1.807) is 0 Å². The Morgan fingerprint density at radius 1 is 1.10 bits per heavy atom. The van der Waals surface area contributed by atoms with Crippen molar-refractivity contribution in [3.05, 3.63) is 12.2 Å². The fourth-order valence-electron chi connectivity index (χ4n) is 3.19. The minimum atomic E-state index is 0.258. The predicted molar refractivity (Wildman–Crippen MR) is 91.7 cm³/mol. The predicted octanol–water partition coefficient (Wildman–Crippen LogP) is 3.92. The van der Waals surface area contributed by atoms with E-state index < -0.39 is 0 Å². The van der Waals surface area contributed by atoms with E-state index in [-0.39, 0.29) is 6.61 Å². The number of rotatable bonds is 12. The van der Waals surface area contributed by atoms with E-state index in [1.807, 2.05) is 0 Å². The molecule has 0 aromatic heterocycles. The van der Waals surface area contributed by atoms with Gasteiger partial charge in [-0.3, -0.25) is 4.48 Å². The molecule has 21 heavy (non-hydrogen) atoms. The van der Waals surface area contributed by atoms with E-state index in [0.717, 1.165) is 37.1 Å². The second-order valence-corrected chi connectivity index (χ2v) is 6.16. The summed E-state index contributed by atoms with van der Waals surface area (Å²) in [5.41, 5.74) is 0. The van der Waals surface area contributed by atoms with E-state index in [2.05, 4.69) is 31.0 Å². The third-order valence-corrected chi connectivity index (χ3v) is 4.69. The summed E-state index contributed by atoms with van der Waals surface area (Å²) in [6, 6.07) is 0. The van der Waals surface area contributed by atoms with Crippen LogP contribution in [0.3, 0.4) is 0 Å². The van der Waals surface area contributed by atoms with Gasteiger partial charge in [0.05, 0.1) is 26.1 Å². The van der Waals surface area contributed by atoms with Crippen LogP contribution in [0.2, 0.25) is 0 Å². The van der Waals surface area contributed by atoms with Crippen LogP contribution < -0.4 is 0 Å². The molecule has 0 spiro atoms. The number of aliphatic hydroxyl groups excluding tert-OH is 1. The Morgan fingerprint density at radius 3 is 2.57 bits per heavy atom. The Morgan fingerprint density at radius 2 is 1.86 bits per heavy atom. The van der Waals surface area contributed by atoms with Crippen LogP contribution in [0, 0.1) is 0 Å². The van der Waals surface area contributed by atoms with Crippen molar-refractivity contribution >= 4 is 5.84 Å². The molecule has 0 amide bonds. The maximum atomic E-state index is 9.28. The summed E-state index contributed by atoms with van der Waals surface area (Å²) in [6.45, 7) is 8.59. The van der Waals surface area contributed by atoms with Gasteiger partial charge in [-0.25, -0.2) is 4.99 Å². The second kappa shape index (κ2) is 11.0. The van der Waals surface area contributed by atoms with Crippen molar-refractivity contribution in [2.45, 2.75) is 65.2 Å². The highest BCUT2D eigenvalue weighted by molar-refractivity contribution is 5.78. The van der Waals surface area contributed by atoms with Crippen molar-refractivity contribution in [3.63, 3.8) is 0 Å². The Balaban J connectivity index is 2.20. The molecule has 0 saturated carbocycles. The zero-order valence-corrected chi connectivity index (χ0v) is 14.2. The molecule has 0 aliphatic carbocycles. The van der Waals surface area contributed by atoms with Crippen molar-refractivity contribution in [3.8, 4) is 0 Å². The quantitative estimate of drug-likeness (QED) is 0.330. The molecule has 0 radical (unpaired) electrons. The van der Waals surface area contributed by atoms with Crippen LogP contribution in [0.15, 0.2) is 17.1 Å². The SMILES string of the molecule is CCCCCCCC/C=C/CC1=NCC[N+]1(CC)CCO. The number of amidine groups is 1. The van der Waals surface area contributed by atoms with Crippen molar-refractivity contribution in [1.82, 2.24) is 0 Å². The summed E-state index contributed by atoms with van der Waals surface area (Å²) in [6.07, 6.45) is 15.0. The standard InChI is InChI=1S/C18H35N2O/c1-3-5-6-7-8-9-10-11-12-13-18-19-14-15-20(18,4-2)16-17-21/h11-12,21H,3-10,13-17H2,1-2H3/q+1/b12-11+. The number of hydrogen-bond acceptors (Lipinski definition) is 2. The Hall–Kier alpha value is -0.670. The topological polar surface area (TPSA) is 32.6 Å². The van der Waals surface area contributed by atoms with Gasteiger partial charge in [0.25, 0.3) is 0 Å². The number of hydrogen-bond donors (Lipinski definition) is 1. The summed E-state index contributed by atoms with van der Waals surface area (Å²) >= 11 is 0. The highest BCUT2D eigenvalue weighted by Gasteiger charge is 2.34. The lowest BCUT2D eigenvalue weighted by Crippen LogP contribution is -2.52. The van der Waals surface area contributed by atoms with Gasteiger partial charge >= 0.3 is 0 Å². The van der Waals surface area contributed by atoms with E-state index in [0.29, 0.717) is 0 Å². The first kappa shape index (κ1) is 18.4. The minimum Gasteiger partial charge on any atom is -0.390 e. The molecule has 1 N–H and O–H groups in total. The van der Waals surface area contributed by atoms with Gasteiger partial charge in [0, 0.05) is 0 Å². The lowest BCUT2D eigenvalue weighted by Gasteiger charge is -2.32. The van der Waals surface area contributed by atoms with Gasteiger partial charge in [-0.1, -0.05) is 51.2 Å². The molecule has 0 saturated heterocycles. The summed E-state index contributed by atoms with van der Waals surface area (Å²) in [7, 11) is 0. The lowest BCUT2D eigenvalue weighted by molar-refractivity contribution is -0.834. The Kier molecular flexibility index (Phi) is 9.60. The summed E-state index contributed by atoms with van der Waals surface area (Å²) in [5, 5.41) is 9.28. The van der Waals surface area contributed by atoms with E-state index in [4.69, 9.17) is 0 Å². The molecule has 0 fully saturated rings. The van der Waals surface area contributed by atoms with Crippen LogP contribution in [0.25, 0.3) is 0 Å². The van der Waals surface area contributed by atoms with E-state index >= 15 is 0 Å². The number of nitrogens with zero attached hydrogens (tertiary/aromatic N) is 2. The molecule has 1 unspecified atom stereocenters. The molecule has 122 valence electrons. The number of allylic oxidation sites excluding steroid dienone is 1. The molecule has 0 aromatic rings. The summed E-state index contributed by atoms with van der Waals surface area (Å²) in [4.78, 5) is 4.67. The molecule has 1 aliphatic rings. The third-order valence-electron chi connectivity index (χ3n) is 4.69. The number of unbranched alkanes of at least 4 members (excludes halogenated alkanes) is 6. The van der Waals surface area contributed by atoms with Gasteiger partial charge in [0.2, 0.25) is 5.84 Å². The van der Waals surface area contributed by atoms with Gasteiger partial charge in [0.1, 0.15) is 13.1 Å². The summed E-state index contributed by atoms with van der Waals surface area (Å²) < 4.78 is 0.901. The first-order valence-electron chi connectivity index (χ1n) is 8.95. The number of likely N-dealkylation sites (N-methyl/N-ethyl adjacent to an activating group) is 1. The molecular formula is C18H35N2O+. The van der Waals surface area contributed by atoms with Gasteiger partial charge in [-0.15, -0.1) is 0 Å². The third kappa shape index (κ3) is 6.31. The Bertz CT molecular complexity index is 325. The lowest BCUT2D eigenvalue weighted by atomic mass is 10.1. The van der Waals surface area contributed by atoms with Gasteiger partial charge in [-0.2, -0.15) is 0 Å². The van der Waals surface area contributed by atoms with Crippen LogP contribution in [0.5, 0.6) is 0 Å². The van der Waals surface area contributed by atoms with Gasteiger partial charge in [0.15, 0.2) is 0 Å². The van der Waals surface area contributed by atoms with Crippen molar-refractivity contribution < 1.29 is 9.59 Å². The number of aliphatic imine (C=N–C) groups is 1. The van der Waals surface area contributed by atoms with Crippen molar-refractivity contribution in [2.24, 2.45) is 4.99 Å². The number of quaternary nitrogens is 1. The molecule has 1 heterocycles. The average molecular weight is 295 g/mol. The Labute approximate surface area is 131 Å². The van der Waals surface area contributed by atoms with Crippen LogP contribution in [-0.4, -0.2) is 48.2 Å². The average Bonchev–Trinajstić information content (AvgIpc) is 2.89. The molecule has 1 aliphatic heterocycles. The number of aliphatic hydroxyl groups is 1. The highest BCUT2D eigenvalue weighted by atomic mass is 16.3. The molecule has 0 aromatic carbocycles. The first-order chi connectivity index (χ1) is 10.3. The molecular weight excluding hydrogens is 260 g/mol. The van der Waals surface area contributed by atoms with E-state index in [1.165, 1.54) is 50.8 Å². The van der Waals surface area contributed by atoms with Crippen LogP contribution in [0.4, 0.5) is 0 Å². The van der Waals surface area contributed by atoms with Crippen molar-refractivity contribution in [1.29, 1.82) is 0 Å². The first-order valence-corrected chi connectivity index (χ1v) is 8.95.